The molecule has 1 rings (SSSR count). The van der Waals surface area contributed by atoms with E-state index in [0.29, 0.717) is 6.61 Å². The van der Waals surface area contributed by atoms with Crippen LogP contribution in [0.25, 0.3) is 0 Å². The maximum Gasteiger partial charge on any atom is 0.120 e. The fraction of sp³-hybridized carbons (Fsp3) is 0.400. The third kappa shape index (κ3) is 3.53. The first kappa shape index (κ1) is 10.7. The first-order chi connectivity index (χ1) is 6.70. The first-order valence-corrected chi connectivity index (χ1v) is 4.55. The second-order valence-electron chi connectivity index (χ2n) is 3.04. The van der Waals surface area contributed by atoms with Crippen molar-refractivity contribution in [3.8, 4) is 0 Å². The Kier molecular flexibility index (Phi) is 4.07. The van der Waals surface area contributed by atoms with Gasteiger partial charge in [-0.15, -0.1) is 0 Å². The molecule has 0 aliphatic carbocycles. The van der Waals surface area contributed by atoms with Crippen molar-refractivity contribution in [3.05, 3.63) is 30.1 Å². The molecule has 0 spiro atoms. The number of hydrogen-bond acceptors (Lipinski definition) is 3. The zero-order valence-electron chi connectivity index (χ0n) is 8.23. The molecule has 0 aromatic carbocycles. The molecule has 3 N–H and O–H groups in total. The standard InChI is InChI=1S/C10H15N3O/c1-8(10(11)12)14-7-5-9-4-2-3-6-13-9/h2-4,6,8H,5,7H2,1H3,(H3,11,12). The van der Waals surface area contributed by atoms with Crippen LogP contribution in [0.1, 0.15) is 12.6 Å². The van der Waals surface area contributed by atoms with Gasteiger partial charge in [-0.25, -0.2) is 0 Å². The number of nitrogens with two attached hydrogens (primary N) is 1. The van der Waals surface area contributed by atoms with Crippen molar-refractivity contribution in [1.82, 2.24) is 4.98 Å². The third-order valence-electron chi connectivity index (χ3n) is 1.89. The number of ether oxygens (including phenoxy) is 1. The highest BCUT2D eigenvalue weighted by Crippen LogP contribution is 1.97. The van der Waals surface area contributed by atoms with E-state index in [1.807, 2.05) is 18.2 Å². The molecule has 76 valence electrons. The van der Waals surface area contributed by atoms with Gasteiger partial charge in [0.1, 0.15) is 11.9 Å². The minimum atomic E-state index is -0.307. The van der Waals surface area contributed by atoms with Crippen LogP contribution in [0.4, 0.5) is 0 Å². The average molecular weight is 193 g/mol. The Morgan fingerprint density at radius 2 is 2.43 bits per heavy atom. The predicted molar refractivity (Wildman–Crippen MR) is 55.3 cm³/mol. The molecule has 4 nitrogen and oxygen atoms in total. The van der Waals surface area contributed by atoms with Gasteiger partial charge < -0.3 is 10.5 Å². The number of nitrogens with zero attached hydrogens (tertiary/aromatic N) is 1. The van der Waals surface area contributed by atoms with Gasteiger partial charge in [-0.1, -0.05) is 6.07 Å². The maximum atomic E-state index is 7.12. The number of aromatic nitrogens is 1. The van der Waals surface area contributed by atoms with Crippen LogP contribution in [0.15, 0.2) is 24.4 Å². The molecule has 1 unspecified atom stereocenters. The molecule has 0 bridgehead atoms. The lowest BCUT2D eigenvalue weighted by atomic mass is 10.3. The lowest BCUT2D eigenvalue weighted by Crippen LogP contribution is -2.28. The number of hydrogen-bond donors (Lipinski definition) is 2. The van der Waals surface area contributed by atoms with Gasteiger partial charge in [0.15, 0.2) is 0 Å². The molecule has 1 aromatic rings. The molecule has 0 radical (unpaired) electrons. The molecule has 0 amide bonds. The quantitative estimate of drug-likeness (QED) is 0.540. The van der Waals surface area contributed by atoms with Crippen LogP contribution in [0.3, 0.4) is 0 Å². The molecular weight excluding hydrogens is 178 g/mol. The Labute approximate surface area is 83.6 Å². The average Bonchev–Trinajstić information content (AvgIpc) is 2.19. The zero-order chi connectivity index (χ0) is 10.4. The first-order valence-electron chi connectivity index (χ1n) is 4.55. The number of pyridine rings is 1. The third-order valence-corrected chi connectivity index (χ3v) is 1.89. The maximum absolute atomic E-state index is 7.12. The fourth-order valence-corrected chi connectivity index (χ4v) is 0.976. The highest BCUT2D eigenvalue weighted by molar-refractivity contribution is 5.81. The van der Waals surface area contributed by atoms with Crippen molar-refractivity contribution < 1.29 is 4.74 Å². The summed E-state index contributed by atoms with van der Waals surface area (Å²) < 4.78 is 5.32. The molecule has 0 saturated carbocycles. The van der Waals surface area contributed by atoms with Crippen LogP contribution in [0.5, 0.6) is 0 Å². The van der Waals surface area contributed by atoms with Crippen molar-refractivity contribution in [3.63, 3.8) is 0 Å². The van der Waals surface area contributed by atoms with Crippen molar-refractivity contribution >= 4 is 5.84 Å². The summed E-state index contributed by atoms with van der Waals surface area (Å²) in [5.74, 6) is 0.0611. The van der Waals surface area contributed by atoms with Gasteiger partial charge in [0.05, 0.1) is 6.61 Å². The van der Waals surface area contributed by atoms with Crippen LogP contribution in [0, 0.1) is 5.41 Å². The molecule has 0 aliphatic rings. The summed E-state index contributed by atoms with van der Waals surface area (Å²) in [5, 5.41) is 7.12. The number of amidine groups is 1. The van der Waals surface area contributed by atoms with Gasteiger partial charge in [-0.3, -0.25) is 10.4 Å². The highest BCUT2D eigenvalue weighted by atomic mass is 16.5. The van der Waals surface area contributed by atoms with Crippen molar-refractivity contribution in [1.29, 1.82) is 5.41 Å². The topological polar surface area (TPSA) is 72.0 Å². The lowest BCUT2D eigenvalue weighted by Gasteiger charge is -2.10. The van der Waals surface area contributed by atoms with E-state index in [1.54, 1.807) is 13.1 Å². The Hall–Kier alpha value is -1.42. The zero-order valence-corrected chi connectivity index (χ0v) is 8.23. The minimum Gasteiger partial charge on any atom is -0.385 e. The van der Waals surface area contributed by atoms with Crippen molar-refractivity contribution in [2.24, 2.45) is 5.73 Å². The summed E-state index contributed by atoms with van der Waals surface area (Å²) >= 11 is 0. The van der Waals surface area contributed by atoms with Crippen molar-refractivity contribution in [2.45, 2.75) is 19.4 Å². The number of nitrogens with one attached hydrogen (secondary N) is 1. The molecule has 1 aromatic heterocycles. The van der Waals surface area contributed by atoms with E-state index in [1.165, 1.54) is 0 Å². The summed E-state index contributed by atoms with van der Waals surface area (Å²) in [6, 6.07) is 5.76. The Bertz CT molecular complexity index is 287. The van der Waals surface area contributed by atoms with Gasteiger partial charge in [0.25, 0.3) is 0 Å². The molecule has 0 aliphatic heterocycles. The Morgan fingerprint density at radius 3 is 3.00 bits per heavy atom. The van der Waals surface area contributed by atoms with E-state index in [-0.39, 0.29) is 11.9 Å². The van der Waals surface area contributed by atoms with E-state index in [2.05, 4.69) is 4.98 Å². The van der Waals surface area contributed by atoms with Gasteiger partial charge in [0.2, 0.25) is 0 Å². The molecule has 1 atom stereocenters. The lowest BCUT2D eigenvalue weighted by molar-refractivity contribution is 0.111. The van der Waals surface area contributed by atoms with E-state index >= 15 is 0 Å². The van der Waals surface area contributed by atoms with Crippen LogP contribution in [-0.2, 0) is 11.2 Å². The predicted octanol–water partition coefficient (Wildman–Crippen LogP) is 0.965. The molecular formula is C10H15N3O. The molecule has 0 saturated heterocycles. The van der Waals surface area contributed by atoms with Gasteiger partial charge in [0, 0.05) is 18.3 Å². The van der Waals surface area contributed by atoms with E-state index in [4.69, 9.17) is 15.9 Å². The van der Waals surface area contributed by atoms with Crippen LogP contribution < -0.4 is 5.73 Å². The van der Waals surface area contributed by atoms with Gasteiger partial charge in [-0.2, -0.15) is 0 Å². The summed E-state index contributed by atoms with van der Waals surface area (Å²) in [6.45, 7) is 2.30. The SMILES string of the molecule is CC(OCCc1ccccn1)C(=N)N. The van der Waals surface area contributed by atoms with E-state index in [9.17, 15) is 0 Å². The van der Waals surface area contributed by atoms with E-state index in [0.717, 1.165) is 12.1 Å². The number of rotatable bonds is 5. The minimum absolute atomic E-state index is 0.0611. The van der Waals surface area contributed by atoms with E-state index < -0.39 is 0 Å². The second-order valence-corrected chi connectivity index (χ2v) is 3.04. The highest BCUT2D eigenvalue weighted by Gasteiger charge is 2.04. The summed E-state index contributed by atoms with van der Waals surface area (Å²) in [7, 11) is 0. The molecule has 0 fully saturated rings. The molecule has 14 heavy (non-hydrogen) atoms. The molecule has 1 heterocycles. The largest absolute Gasteiger partial charge is 0.385 e. The Balaban J connectivity index is 2.26. The van der Waals surface area contributed by atoms with Gasteiger partial charge in [-0.05, 0) is 19.1 Å². The summed E-state index contributed by atoms with van der Waals surface area (Å²) in [6.07, 6.45) is 2.20. The second kappa shape index (κ2) is 5.34. The normalized spacial score (nSPS) is 12.4. The summed E-state index contributed by atoms with van der Waals surface area (Å²) in [4.78, 5) is 4.16. The summed E-state index contributed by atoms with van der Waals surface area (Å²) in [5.41, 5.74) is 6.25. The monoisotopic (exact) mass is 193 g/mol. The van der Waals surface area contributed by atoms with Crippen LogP contribution >= 0.6 is 0 Å². The molecule has 4 heteroatoms. The van der Waals surface area contributed by atoms with Gasteiger partial charge >= 0.3 is 0 Å². The smallest absolute Gasteiger partial charge is 0.120 e. The fourth-order valence-electron chi connectivity index (χ4n) is 0.976. The Morgan fingerprint density at radius 1 is 1.64 bits per heavy atom. The van der Waals surface area contributed by atoms with Crippen molar-refractivity contribution in [2.75, 3.05) is 6.61 Å². The van der Waals surface area contributed by atoms with Crippen LogP contribution in [-0.4, -0.2) is 23.5 Å². The van der Waals surface area contributed by atoms with Crippen LogP contribution in [0.2, 0.25) is 0 Å².